The van der Waals surface area contributed by atoms with E-state index in [1.54, 1.807) is 36.7 Å². The summed E-state index contributed by atoms with van der Waals surface area (Å²) in [4.78, 5) is 16.2. The first kappa shape index (κ1) is 15.5. The minimum atomic E-state index is -0.189. The Kier molecular flexibility index (Phi) is 4.68. The van der Waals surface area contributed by atoms with Gasteiger partial charge >= 0.3 is 0 Å². The highest BCUT2D eigenvalue weighted by molar-refractivity contribution is 6.04. The molecule has 0 spiro atoms. The van der Waals surface area contributed by atoms with Crippen LogP contribution in [0.15, 0.2) is 73.1 Å². The lowest BCUT2D eigenvalue weighted by Gasteiger charge is -2.05. The van der Waals surface area contributed by atoms with Crippen LogP contribution in [0.4, 0.5) is 5.69 Å². The number of carbonyl (C=O) groups is 1. The van der Waals surface area contributed by atoms with Crippen LogP contribution in [0.5, 0.6) is 5.75 Å². The number of phenols is 1. The lowest BCUT2D eigenvalue weighted by atomic mass is 10.1. The third-order valence-electron chi connectivity index (χ3n) is 3.47. The number of phenolic OH excluding ortho intramolecular Hbond substituents is 1. The standard InChI is InChI=1S/C20H16N2O2/c23-19-9-7-18(8-10-19)22-20(24)17-5-3-15(4-6-17)1-2-16-11-13-21-14-12-16/h1-14,23H,(H,22,24)/b2-1+. The first-order valence-corrected chi connectivity index (χ1v) is 7.49. The summed E-state index contributed by atoms with van der Waals surface area (Å²) in [5, 5.41) is 12.0. The lowest BCUT2D eigenvalue weighted by Crippen LogP contribution is -2.11. The molecule has 4 nitrogen and oxygen atoms in total. The molecule has 0 fully saturated rings. The third-order valence-corrected chi connectivity index (χ3v) is 3.47. The van der Waals surface area contributed by atoms with Crippen LogP contribution >= 0.6 is 0 Å². The van der Waals surface area contributed by atoms with E-state index < -0.39 is 0 Å². The first-order valence-electron chi connectivity index (χ1n) is 7.49. The van der Waals surface area contributed by atoms with Gasteiger partial charge in [0.2, 0.25) is 0 Å². The van der Waals surface area contributed by atoms with Crippen LogP contribution in [0.1, 0.15) is 21.5 Å². The van der Waals surface area contributed by atoms with Gasteiger partial charge in [-0.15, -0.1) is 0 Å². The fraction of sp³-hybridized carbons (Fsp3) is 0. The minimum Gasteiger partial charge on any atom is -0.508 e. The summed E-state index contributed by atoms with van der Waals surface area (Å²) in [5.41, 5.74) is 3.29. The zero-order valence-corrected chi connectivity index (χ0v) is 12.9. The number of anilines is 1. The molecule has 24 heavy (non-hydrogen) atoms. The van der Waals surface area contributed by atoms with E-state index >= 15 is 0 Å². The summed E-state index contributed by atoms with van der Waals surface area (Å²) in [7, 11) is 0. The molecule has 0 aliphatic carbocycles. The smallest absolute Gasteiger partial charge is 0.255 e. The predicted molar refractivity (Wildman–Crippen MR) is 95.7 cm³/mol. The minimum absolute atomic E-state index is 0.165. The molecule has 3 aromatic rings. The van der Waals surface area contributed by atoms with E-state index in [4.69, 9.17) is 0 Å². The average molecular weight is 316 g/mol. The molecule has 2 N–H and O–H groups in total. The number of hydrogen-bond acceptors (Lipinski definition) is 3. The van der Waals surface area contributed by atoms with Crippen molar-refractivity contribution in [3.63, 3.8) is 0 Å². The normalized spacial score (nSPS) is 10.7. The van der Waals surface area contributed by atoms with Crippen LogP contribution < -0.4 is 5.32 Å². The van der Waals surface area contributed by atoms with Gasteiger partial charge in [0.25, 0.3) is 5.91 Å². The van der Waals surface area contributed by atoms with E-state index in [0.29, 0.717) is 11.3 Å². The molecular weight excluding hydrogens is 300 g/mol. The van der Waals surface area contributed by atoms with Crippen LogP contribution in [-0.4, -0.2) is 16.0 Å². The highest BCUT2D eigenvalue weighted by Gasteiger charge is 2.05. The van der Waals surface area contributed by atoms with Gasteiger partial charge in [0.15, 0.2) is 0 Å². The van der Waals surface area contributed by atoms with Crippen molar-refractivity contribution in [3.8, 4) is 5.75 Å². The SMILES string of the molecule is O=C(Nc1ccc(O)cc1)c1ccc(/C=C/c2ccncc2)cc1. The second-order valence-corrected chi connectivity index (χ2v) is 5.24. The van der Waals surface area contributed by atoms with Crippen molar-refractivity contribution in [2.45, 2.75) is 0 Å². The molecule has 0 saturated carbocycles. The maximum absolute atomic E-state index is 12.2. The second kappa shape index (κ2) is 7.24. The molecule has 0 aliphatic heterocycles. The lowest BCUT2D eigenvalue weighted by molar-refractivity contribution is 0.102. The van der Waals surface area contributed by atoms with Crippen LogP contribution in [0.25, 0.3) is 12.2 Å². The topological polar surface area (TPSA) is 62.2 Å². The van der Waals surface area contributed by atoms with Crippen molar-refractivity contribution in [1.29, 1.82) is 0 Å². The zero-order valence-electron chi connectivity index (χ0n) is 12.9. The molecular formula is C20H16N2O2. The van der Waals surface area contributed by atoms with Gasteiger partial charge in [0, 0.05) is 23.6 Å². The molecule has 4 heteroatoms. The van der Waals surface area contributed by atoms with E-state index in [0.717, 1.165) is 11.1 Å². The second-order valence-electron chi connectivity index (χ2n) is 5.24. The third kappa shape index (κ3) is 4.08. The summed E-state index contributed by atoms with van der Waals surface area (Å²) in [6.07, 6.45) is 7.47. The Labute approximate surface area is 140 Å². The molecule has 1 aromatic heterocycles. The number of aromatic nitrogens is 1. The Morgan fingerprint density at radius 3 is 2.04 bits per heavy atom. The maximum Gasteiger partial charge on any atom is 0.255 e. The van der Waals surface area contributed by atoms with Gasteiger partial charge in [-0.2, -0.15) is 0 Å². The molecule has 0 saturated heterocycles. The molecule has 118 valence electrons. The van der Waals surface area contributed by atoms with Gasteiger partial charge in [0.05, 0.1) is 0 Å². The van der Waals surface area contributed by atoms with Crippen LogP contribution in [0, 0.1) is 0 Å². The van der Waals surface area contributed by atoms with E-state index in [1.807, 2.05) is 36.4 Å². The van der Waals surface area contributed by atoms with Crippen molar-refractivity contribution >= 4 is 23.7 Å². The highest BCUT2D eigenvalue weighted by atomic mass is 16.3. The largest absolute Gasteiger partial charge is 0.508 e. The quantitative estimate of drug-likeness (QED) is 0.709. The maximum atomic E-state index is 12.2. The summed E-state index contributed by atoms with van der Waals surface area (Å²) >= 11 is 0. The zero-order chi connectivity index (χ0) is 16.8. The van der Waals surface area contributed by atoms with Gasteiger partial charge in [-0.3, -0.25) is 9.78 Å². The fourth-order valence-electron chi connectivity index (χ4n) is 2.16. The van der Waals surface area contributed by atoms with Crippen molar-refractivity contribution in [1.82, 2.24) is 4.98 Å². The van der Waals surface area contributed by atoms with Gasteiger partial charge in [0.1, 0.15) is 5.75 Å². The number of carbonyl (C=O) groups excluding carboxylic acids is 1. The number of aromatic hydroxyl groups is 1. The van der Waals surface area contributed by atoms with Crippen molar-refractivity contribution in [2.75, 3.05) is 5.32 Å². The summed E-state index contributed by atoms with van der Waals surface area (Å²) in [5.74, 6) is -0.0244. The van der Waals surface area contributed by atoms with Crippen molar-refractivity contribution in [2.24, 2.45) is 0 Å². The number of amides is 1. The van der Waals surface area contributed by atoms with Crippen molar-refractivity contribution in [3.05, 3.63) is 89.7 Å². The molecule has 2 aromatic carbocycles. The number of benzene rings is 2. The van der Waals surface area contributed by atoms with E-state index in [-0.39, 0.29) is 11.7 Å². The predicted octanol–water partition coefficient (Wildman–Crippen LogP) is 4.21. The van der Waals surface area contributed by atoms with E-state index in [2.05, 4.69) is 10.3 Å². The van der Waals surface area contributed by atoms with Crippen LogP contribution in [0.2, 0.25) is 0 Å². The highest BCUT2D eigenvalue weighted by Crippen LogP contribution is 2.15. The average Bonchev–Trinajstić information content (AvgIpc) is 2.63. The monoisotopic (exact) mass is 316 g/mol. The van der Waals surface area contributed by atoms with Gasteiger partial charge in [-0.1, -0.05) is 24.3 Å². The fourth-order valence-corrected chi connectivity index (χ4v) is 2.16. The van der Waals surface area contributed by atoms with E-state index in [9.17, 15) is 9.90 Å². The summed E-state index contributed by atoms with van der Waals surface area (Å²) < 4.78 is 0. The number of nitrogens with one attached hydrogen (secondary N) is 1. The molecule has 0 radical (unpaired) electrons. The van der Waals surface area contributed by atoms with Gasteiger partial charge < -0.3 is 10.4 Å². The van der Waals surface area contributed by atoms with Crippen LogP contribution in [0.3, 0.4) is 0 Å². The van der Waals surface area contributed by atoms with E-state index in [1.165, 1.54) is 12.1 Å². The summed E-state index contributed by atoms with van der Waals surface area (Å²) in [6.45, 7) is 0. The number of hydrogen-bond donors (Lipinski definition) is 2. The Morgan fingerprint density at radius 2 is 1.42 bits per heavy atom. The molecule has 1 amide bonds. The molecule has 3 rings (SSSR count). The molecule has 1 heterocycles. The molecule has 0 atom stereocenters. The van der Waals surface area contributed by atoms with Gasteiger partial charge in [-0.05, 0) is 59.7 Å². The molecule has 0 aliphatic rings. The number of pyridine rings is 1. The van der Waals surface area contributed by atoms with Crippen LogP contribution in [-0.2, 0) is 0 Å². The Morgan fingerprint density at radius 1 is 0.833 bits per heavy atom. The summed E-state index contributed by atoms with van der Waals surface area (Å²) in [6, 6.07) is 17.6. The Bertz CT molecular complexity index is 839. The Hall–Kier alpha value is -3.40. The molecule has 0 bridgehead atoms. The number of nitrogens with zero attached hydrogens (tertiary/aromatic N) is 1. The number of rotatable bonds is 4. The molecule has 0 unspecified atom stereocenters. The van der Waals surface area contributed by atoms with Crippen molar-refractivity contribution < 1.29 is 9.90 Å². The van der Waals surface area contributed by atoms with Gasteiger partial charge in [-0.25, -0.2) is 0 Å². The first-order chi connectivity index (χ1) is 11.7. The Balaban J connectivity index is 1.66.